The summed E-state index contributed by atoms with van der Waals surface area (Å²) in [6.45, 7) is 2.20. The molecule has 1 amide bonds. The lowest BCUT2D eigenvalue weighted by atomic mass is 10.2. The van der Waals surface area contributed by atoms with Gasteiger partial charge >= 0.3 is 0 Å². The van der Waals surface area contributed by atoms with Crippen molar-refractivity contribution in [3.63, 3.8) is 0 Å². The van der Waals surface area contributed by atoms with E-state index in [0.717, 1.165) is 11.3 Å². The van der Waals surface area contributed by atoms with Crippen LogP contribution in [-0.4, -0.2) is 10.9 Å². The molecule has 1 N–H and O–H groups in total. The van der Waals surface area contributed by atoms with Gasteiger partial charge in [0.15, 0.2) is 0 Å². The fourth-order valence-corrected chi connectivity index (χ4v) is 2.10. The normalized spacial score (nSPS) is 10.3. The minimum Gasteiger partial charge on any atom is -0.348 e. The Bertz CT molecular complexity index is 614. The number of nitrogens with zero attached hydrogens (tertiary/aromatic N) is 1. The Balaban J connectivity index is 2.04. The third kappa shape index (κ3) is 3.69. The minimum absolute atomic E-state index is 0.156. The zero-order valence-electron chi connectivity index (χ0n) is 10.3. The van der Waals surface area contributed by atoms with Crippen molar-refractivity contribution < 1.29 is 4.79 Å². The van der Waals surface area contributed by atoms with Crippen LogP contribution in [0.2, 0.25) is 10.0 Å². The molecule has 1 aromatic carbocycles. The van der Waals surface area contributed by atoms with Crippen molar-refractivity contribution in [2.45, 2.75) is 13.5 Å². The molecule has 0 aliphatic rings. The van der Waals surface area contributed by atoms with Gasteiger partial charge < -0.3 is 5.32 Å². The van der Waals surface area contributed by atoms with E-state index < -0.39 is 0 Å². The van der Waals surface area contributed by atoms with Crippen LogP contribution >= 0.6 is 23.2 Å². The molecule has 3 nitrogen and oxygen atoms in total. The van der Waals surface area contributed by atoms with Crippen molar-refractivity contribution in [3.05, 3.63) is 63.4 Å². The fraction of sp³-hybridized carbons (Fsp3) is 0.143. The van der Waals surface area contributed by atoms with Crippen molar-refractivity contribution in [1.29, 1.82) is 0 Å². The maximum absolute atomic E-state index is 11.9. The van der Waals surface area contributed by atoms with E-state index in [1.807, 2.05) is 6.92 Å². The van der Waals surface area contributed by atoms with Crippen LogP contribution in [0.1, 0.15) is 21.6 Å². The monoisotopic (exact) mass is 294 g/mol. The van der Waals surface area contributed by atoms with Crippen LogP contribution < -0.4 is 5.32 Å². The van der Waals surface area contributed by atoms with Crippen molar-refractivity contribution >= 4 is 29.1 Å². The topological polar surface area (TPSA) is 42.0 Å². The summed E-state index contributed by atoms with van der Waals surface area (Å²) in [5, 5.41) is 3.92. The number of benzene rings is 1. The molecule has 0 aliphatic carbocycles. The Morgan fingerprint density at radius 3 is 2.74 bits per heavy atom. The summed E-state index contributed by atoms with van der Waals surface area (Å²) >= 11 is 11.9. The zero-order valence-corrected chi connectivity index (χ0v) is 11.8. The van der Waals surface area contributed by atoms with Gasteiger partial charge in [-0.05, 0) is 36.8 Å². The number of hydrogen-bond acceptors (Lipinski definition) is 2. The Labute approximate surface area is 121 Å². The predicted molar refractivity (Wildman–Crippen MR) is 76.6 cm³/mol. The maximum atomic E-state index is 11.9. The van der Waals surface area contributed by atoms with Gasteiger partial charge in [0.1, 0.15) is 0 Å². The number of halogens is 2. The molecule has 19 heavy (non-hydrogen) atoms. The number of nitrogens with one attached hydrogen (secondary N) is 1. The van der Waals surface area contributed by atoms with Crippen LogP contribution in [-0.2, 0) is 6.54 Å². The molecule has 1 aromatic heterocycles. The first-order valence-electron chi connectivity index (χ1n) is 5.71. The van der Waals surface area contributed by atoms with Crippen LogP contribution in [0.4, 0.5) is 0 Å². The van der Waals surface area contributed by atoms with Gasteiger partial charge in [-0.2, -0.15) is 0 Å². The van der Waals surface area contributed by atoms with E-state index in [9.17, 15) is 4.79 Å². The van der Waals surface area contributed by atoms with E-state index in [4.69, 9.17) is 23.2 Å². The van der Waals surface area contributed by atoms with Gasteiger partial charge in [0.25, 0.3) is 5.91 Å². The average molecular weight is 295 g/mol. The van der Waals surface area contributed by atoms with Crippen LogP contribution in [0.5, 0.6) is 0 Å². The maximum Gasteiger partial charge on any atom is 0.251 e. The molecule has 2 aromatic rings. The number of pyridine rings is 1. The lowest BCUT2D eigenvalue weighted by Gasteiger charge is -2.07. The second-order valence-corrected chi connectivity index (χ2v) is 4.95. The van der Waals surface area contributed by atoms with Gasteiger partial charge in [-0.15, -0.1) is 0 Å². The van der Waals surface area contributed by atoms with Gasteiger partial charge in [0.05, 0.1) is 0 Å². The summed E-state index contributed by atoms with van der Waals surface area (Å²) in [6, 6.07) is 8.60. The molecule has 0 saturated heterocycles. The molecule has 0 atom stereocenters. The number of aromatic nitrogens is 1. The van der Waals surface area contributed by atoms with Gasteiger partial charge in [0, 0.05) is 34.0 Å². The van der Waals surface area contributed by atoms with Crippen LogP contribution in [0, 0.1) is 6.92 Å². The van der Waals surface area contributed by atoms with E-state index >= 15 is 0 Å². The predicted octanol–water partition coefficient (Wildman–Crippen LogP) is 3.63. The Hall–Kier alpha value is -1.58. The molecule has 1 heterocycles. The molecule has 0 unspecified atom stereocenters. The molecule has 5 heteroatoms. The fourth-order valence-electron chi connectivity index (χ4n) is 1.63. The number of hydrogen-bond donors (Lipinski definition) is 1. The number of amides is 1. The van der Waals surface area contributed by atoms with Crippen LogP contribution in [0.15, 0.2) is 36.5 Å². The Kier molecular flexibility index (Phi) is 4.40. The lowest BCUT2D eigenvalue weighted by molar-refractivity contribution is 0.0950. The first kappa shape index (κ1) is 13.8. The SMILES string of the molecule is Cc1cc(C(=O)NCc2ccc(Cl)cc2Cl)ccn1. The second kappa shape index (κ2) is 6.04. The molecule has 0 fully saturated rings. The van der Waals surface area contributed by atoms with E-state index in [-0.39, 0.29) is 5.91 Å². The molecule has 0 aliphatic heterocycles. The molecular formula is C14H12Cl2N2O. The van der Waals surface area contributed by atoms with Gasteiger partial charge in [-0.1, -0.05) is 29.3 Å². The molecule has 2 rings (SSSR count). The largest absolute Gasteiger partial charge is 0.348 e. The first-order chi connectivity index (χ1) is 9.06. The Morgan fingerprint density at radius 1 is 1.26 bits per heavy atom. The highest BCUT2D eigenvalue weighted by molar-refractivity contribution is 6.35. The van der Waals surface area contributed by atoms with Crippen molar-refractivity contribution in [3.8, 4) is 0 Å². The van der Waals surface area contributed by atoms with E-state index in [1.165, 1.54) is 0 Å². The van der Waals surface area contributed by atoms with E-state index in [0.29, 0.717) is 22.2 Å². The molecule has 0 radical (unpaired) electrons. The lowest BCUT2D eigenvalue weighted by Crippen LogP contribution is -2.23. The molecule has 98 valence electrons. The Morgan fingerprint density at radius 2 is 2.05 bits per heavy atom. The summed E-state index contributed by atoms with van der Waals surface area (Å²) in [4.78, 5) is 16.0. The third-order valence-electron chi connectivity index (χ3n) is 2.61. The smallest absolute Gasteiger partial charge is 0.251 e. The first-order valence-corrected chi connectivity index (χ1v) is 6.46. The van der Waals surface area contributed by atoms with Gasteiger partial charge in [0.2, 0.25) is 0 Å². The minimum atomic E-state index is -0.156. The number of carbonyl (C=O) groups is 1. The quantitative estimate of drug-likeness (QED) is 0.939. The number of aryl methyl sites for hydroxylation is 1. The zero-order chi connectivity index (χ0) is 13.8. The molecule has 0 spiro atoms. The molecule has 0 bridgehead atoms. The van der Waals surface area contributed by atoms with E-state index in [1.54, 1.807) is 36.5 Å². The van der Waals surface area contributed by atoms with Crippen LogP contribution in [0.3, 0.4) is 0 Å². The summed E-state index contributed by atoms with van der Waals surface area (Å²) < 4.78 is 0. The van der Waals surface area contributed by atoms with Crippen molar-refractivity contribution in [1.82, 2.24) is 10.3 Å². The number of rotatable bonds is 3. The summed E-state index contributed by atoms with van der Waals surface area (Å²) in [7, 11) is 0. The van der Waals surface area contributed by atoms with Crippen molar-refractivity contribution in [2.75, 3.05) is 0 Å². The van der Waals surface area contributed by atoms with Crippen LogP contribution in [0.25, 0.3) is 0 Å². The highest BCUT2D eigenvalue weighted by atomic mass is 35.5. The number of carbonyl (C=O) groups excluding carboxylic acids is 1. The second-order valence-electron chi connectivity index (χ2n) is 4.10. The van der Waals surface area contributed by atoms with Gasteiger partial charge in [-0.25, -0.2) is 0 Å². The van der Waals surface area contributed by atoms with E-state index in [2.05, 4.69) is 10.3 Å². The van der Waals surface area contributed by atoms with Crippen molar-refractivity contribution in [2.24, 2.45) is 0 Å². The molecular weight excluding hydrogens is 283 g/mol. The average Bonchev–Trinajstić information content (AvgIpc) is 2.37. The molecule has 0 saturated carbocycles. The highest BCUT2D eigenvalue weighted by Gasteiger charge is 2.07. The van der Waals surface area contributed by atoms with Gasteiger partial charge in [-0.3, -0.25) is 9.78 Å². The highest BCUT2D eigenvalue weighted by Crippen LogP contribution is 2.20. The third-order valence-corrected chi connectivity index (χ3v) is 3.20. The summed E-state index contributed by atoms with van der Waals surface area (Å²) in [5.74, 6) is -0.156. The standard InChI is InChI=1S/C14H12Cl2N2O/c1-9-6-10(4-5-17-9)14(19)18-8-11-2-3-12(15)7-13(11)16/h2-7H,8H2,1H3,(H,18,19). The summed E-state index contributed by atoms with van der Waals surface area (Å²) in [5.41, 5.74) is 2.21. The summed E-state index contributed by atoms with van der Waals surface area (Å²) in [6.07, 6.45) is 1.61.